The first kappa shape index (κ1) is 8.71. The summed E-state index contributed by atoms with van der Waals surface area (Å²) in [4.78, 5) is 10.2. The van der Waals surface area contributed by atoms with Gasteiger partial charge in [-0.1, -0.05) is 31.5 Å². The topological polar surface area (TPSA) is 43.1 Å². The number of nitro benzene ring substituents is 1. The third-order valence-corrected chi connectivity index (χ3v) is 1.71. The molecule has 12 heavy (non-hydrogen) atoms. The fourth-order valence-electron chi connectivity index (χ4n) is 1.17. The number of hydrogen-bond donors (Lipinski definition) is 0. The summed E-state index contributed by atoms with van der Waals surface area (Å²) in [5.74, 6) is 0. The van der Waals surface area contributed by atoms with Gasteiger partial charge in [0, 0.05) is 11.6 Å². The van der Waals surface area contributed by atoms with E-state index >= 15 is 0 Å². The largest absolute Gasteiger partial charge is 0.272 e. The van der Waals surface area contributed by atoms with Gasteiger partial charge in [-0.05, 0) is 6.42 Å². The lowest BCUT2D eigenvalue weighted by molar-refractivity contribution is -0.385. The van der Waals surface area contributed by atoms with Crippen LogP contribution >= 0.6 is 0 Å². The summed E-state index contributed by atoms with van der Waals surface area (Å²) in [5.41, 5.74) is 1.06. The Labute approximate surface area is 71.2 Å². The van der Waals surface area contributed by atoms with Crippen molar-refractivity contribution in [3.63, 3.8) is 0 Å². The second kappa shape index (κ2) is 3.85. The van der Waals surface area contributed by atoms with Crippen LogP contribution in [0.5, 0.6) is 0 Å². The van der Waals surface area contributed by atoms with Crippen LogP contribution in [0.2, 0.25) is 0 Å². The second-order valence-electron chi connectivity index (χ2n) is 2.64. The molecular formula is C9H11NO2. The number of aryl methyl sites for hydroxylation is 1. The van der Waals surface area contributed by atoms with E-state index in [1.54, 1.807) is 12.1 Å². The Balaban J connectivity index is 3.00. The SMILES string of the molecule is CCCc1ccccc1[N+](=O)[O-]. The maximum Gasteiger partial charge on any atom is 0.272 e. The molecule has 64 valence electrons. The van der Waals surface area contributed by atoms with Crippen LogP contribution in [0.15, 0.2) is 24.3 Å². The van der Waals surface area contributed by atoms with Crippen LogP contribution in [-0.2, 0) is 6.42 Å². The van der Waals surface area contributed by atoms with Crippen LogP contribution in [0, 0.1) is 10.1 Å². The van der Waals surface area contributed by atoms with Crippen molar-refractivity contribution in [3.8, 4) is 0 Å². The zero-order chi connectivity index (χ0) is 8.97. The van der Waals surface area contributed by atoms with Crippen molar-refractivity contribution in [2.45, 2.75) is 19.8 Å². The lowest BCUT2D eigenvalue weighted by Crippen LogP contribution is -1.94. The third kappa shape index (κ3) is 1.81. The molecule has 0 aliphatic heterocycles. The highest BCUT2D eigenvalue weighted by Crippen LogP contribution is 2.18. The first-order valence-electron chi connectivity index (χ1n) is 3.98. The Morgan fingerprint density at radius 2 is 2.08 bits per heavy atom. The standard InChI is InChI=1S/C9H11NO2/c1-2-5-8-6-3-4-7-9(8)10(11)12/h3-4,6-7H,2,5H2,1H3. The van der Waals surface area contributed by atoms with Gasteiger partial charge in [-0.15, -0.1) is 0 Å². The molecule has 0 fully saturated rings. The Hall–Kier alpha value is -1.38. The van der Waals surface area contributed by atoms with Crippen molar-refractivity contribution < 1.29 is 4.92 Å². The molecular weight excluding hydrogens is 154 g/mol. The van der Waals surface area contributed by atoms with Gasteiger partial charge >= 0.3 is 0 Å². The molecule has 0 atom stereocenters. The van der Waals surface area contributed by atoms with E-state index in [0.717, 1.165) is 18.4 Å². The molecule has 0 unspecified atom stereocenters. The van der Waals surface area contributed by atoms with Crippen LogP contribution in [-0.4, -0.2) is 4.92 Å². The summed E-state index contributed by atoms with van der Waals surface area (Å²) in [6.07, 6.45) is 1.71. The first-order valence-corrected chi connectivity index (χ1v) is 3.98. The fourth-order valence-corrected chi connectivity index (χ4v) is 1.17. The number of hydrogen-bond acceptors (Lipinski definition) is 2. The molecule has 0 bridgehead atoms. The minimum absolute atomic E-state index is 0.236. The zero-order valence-corrected chi connectivity index (χ0v) is 6.99. The summed E-state index contributed by atoms with van der Waals surface area (Å²) in [5, 5.41) is 10.5. The van der Waals surface area contributed by atoms with E-state index in [1.165, 1.54) is 0 Å². The molecule has 3 heteroatoms. The summed E-state index contributed by atoms with van der Waals surface area (Å²) in [6, 6.07) is 6.88. The molecule has 0 saturated carbocycles. The summed E-state index contributed by atoms with van der Waals surface area (Å²) in [6.45, 7) is 2.01. The van der Waals surface area contributed by atoms with Gasteiger partial charge in [-0.3, -0.25) is 10.1 Å². The Kier molecular flexibility index (Phi) is 2.80. The normalized spacial score (nSPS) is 9.75. The van der Waals surface area contributed by atoms with Crippen molar-refractivity contribution >= 4 is 5.69 Å². The predicted octanol–water partition coefficient (Wildman–Crippen LogP) is 2.55. The van der Waals surface area contributed by atoms with Crippen molar-refractivity contribution in [2.75, 3.05) is 0 Å². The maximum atomic E-state index is 10.5. The Morgan fingerprint density at radius 1 is 1.42 bits per heavy atom. The van der Waals surface area contributed by atoms with Gasteiger partial charge < -0.3 is 0 Å². The van der Waals surface area contributed by atoms with Gasteiger partial charge in [0.2, 0.25) is 0 Å². The highest BCUT2D eigenvalue weighted by atomic mass is 16.6. The van der Waals surface area contributed by atoms with E-state index in [-0.39, 0.29) is 10.6 Å². The van der Waals surface area contributed by atoms with Crippen LogP contribution in [0.25, 0.3) is 0 Å². The predicted molar refractivity (Wildman–Crippen MR) is 47.1 cm³/mol. The maximum absolute atomic E-state index is 10.5. The van der Waals surface area contributed by atoms with Crippen LogP contribution < -0.4 is 0 Å². The average molecular weight is 165 g/mol. The van der Waals surface area contributed by atoms with Crippen LogP contribution in [0.1, 0.15) is 18.9 Å². The van der Waals surface area contributed by atoms with Gasteiger partial charge in [-0.25, -0.2) is 0 Å². The minimum atomic E-state index is -0.328. The van der Waals surface area contributed by atoms with Crippen molar-refractivity contribution in [3.05, 3.63) is 39.9 Å². The second-order valence-corrected chi connectivity index (χ2v) is 2.64. The number of para-hydroxylation sites is 1. The van der Waals surface area contributed by atoms with Crippen molar-refractivity contribution in [1.29, 1.82) is 0 Å². The molecule has 0 amide bonds. The number of nitro groups is 1. The lowest BCUT2D eigenvalue weighted by Gasteiger charge is -1.98. The number of rotatable bonds is 3. The van der Waals surface area contributed by atoms with E-state index in [9.17, 15) is 10.1 Å². The third-order valence-electron chi connectivity index (χ3n) is 1.71. The molecule has 1 rings (SSSR count). The van der Waals surface area contributed by atoms with E-state index < -0.39 is 0 Å². The van der Waals surface area contributed by atoms with Gasteiger partial charge in [0.05, 0.1) is 4.92 Å². The molecule has 1 aromatic carbocycles. The van der Waals surface area contributed by atoms with E-state index in [1.807, 2.05) is 19.1 Å². The van der Waals surface area contributed by atoms with Crippen LogP contribution in [0.4, 0.5) is 5.69 Å². The minimum Gasteiger partial charge on any atom is -0.258 e. The molecule has 0 N–H and O–H groups in total. The molecule has 0 aromatic heterocycles. The smallest absolute Gasteiger partial charge is 0.258 e. The highest BCUT2D eigenvalue weighted by Gasteiger charge is 2.09. The fraction of sp³-hybridized carbons (Fsp3) is 0.333. The highest BCUT2D eigenvalue weighted by molar-refractivity contribution is 5.39. The molecule has 3 nitrogen and oxygen atoms in total. The van der Waals surface area contributed by atoms with E-state index in [4.69, 9.17) is 0 Å². The van der Waals surface area contributed by atoms with Gasteiger partial charge in [0.25, 0.3) is 5.69 Å². The molecule has 1 aromatic rings. The monoisotopic (exact) mass is 165 g/mol. The van der Waals surface area contributed by atoms with Crippen LogP contribution in [0.3, 0.4) is 0 Å². The molecule has 0 saturated heterocycles. The Morgan fingerprint density at radius 3 is 2.67 bits per heavy atom. The summed E-state index contributed by atoms with van der Waals surface area (Å²) in [7, 11) is 0. The zero-order valence-electron chi connectivity index (χ0n) is 6.99. The van der Waals surface area contributed by atoms with Crippen molar-refractivity contribution in [2.24, 2.45) is 0 Å². The van der Waals surface area contributed by atoms with Gasteiger partial charge in [0.1, 0.15) is 0 Å². The molecule has 0 spiro atoms. The van der Waals surface area contributed by atoms with Gasteiger partial charge in [0.15, 0.2) is 0 Å². The van der Waals surface area contributed by atoms with E-state index in [2.05, 4.69) is 0 Å². The van der Waals surface area contributed by atoms with Crippen molar-refractivity contribution in [1.82, 2.24) is 0 Å². The molecule has 0 aliphatic rings. The summed E-state index contributed by atoms with van der Waals surface area (Å²) < 4.78 is 0. The quantitative estimate of drug-likeness (QED) is 0.510. The van der Waals surface area contributed by atoms with E-state index in [0.29, 0.717) is 0 Å². The number of benzene rings is 1. The molecule has 0 aliphatic carbocycles. The number of nitrogens with zero attached hydrogens (tertiary/aromatic N) is 1. The molecule has 0 radical (unpaired) electrons. The Bertz CT molecular complexity index is 284. The lowest BCUT2D eigenvalue weighted by atomic mass is 10.1. The average Bonchev–Trinajstić information content (AvgIpc) is 2.05. The van der Waals surface area contributed by atoms with Gasteiger partial charge in [-0.2, -0.15) is 0 Å². The first-order chi connectivity index (χ1) is 5.75. The molecule has 0 heterocycles. The summed E-state index contributed by atoms with van der Waals surface area (Å²) >= 11 is 0.